The average molecular weight is 362 g/mol. The standard InChI is InChI=1S/C19H20ClNO4/c1-19(2)8-12(22)15-13(9-19)25-17(21)16(18(23)24-3)14(15)10-6-4-5-7-11(10)20/h4-7,14H,8-9,21H2,1-3H3/t14-/m0/s1. The second kappa shape index (κ2) is 6.23. The fourth-order valence-corrected chi connectivity index (χ4v) is 3.76. The molecule has 1 aromatic carbocycles. The average Bonchev–Trinajstić information content (AvgIpc) is 2.52. The predicted octanol–water partition coefficient (Wildman–Crippen LogP) is 3.44. The lowest BCUT2D eigenvalue weighted by atomic mass is 9.70. The van der Waals surface area contributed by atoms with Crippen LogP contribution >= 0.6 is 11.6 Å². The summed E-state index contributed by atoms with van der Waals surface area (Å²) in [5, 5.41) is 0.452. The number of nitrogens with two attached hydrogens (primary N) is 1. The summed E-state index contributed by atoms with van der Waals surface area (Å²) >= 11 is 6.36. The van der Waals surface area contributed by atoms with Gasteiger partial charge >= 0.3 is 5.97 Å². The second-order valence-corrected chi connectivity index (χ2v) is 7.51. The summed E-state index contributed by atoms with van der Waals surface area (Å²) in [7, 11) is 1.27. The van der Waals surface area contributed by atoms with Gasteiger partial charge in [-0.2, -0.15) is 0 Å². The van der Waals surface area contributed by atoms with E-state index >= 15 is 0 Å². The van der Waals surface area contributed by atoms with Gasteiger partial charge < -0.3 is 15.2 Å². The van der Waals surface area contributed by atoms with Crippen LogP contribution in [0.1, 0.15) is 38.2 Å². The van der Waals surface area contributed by atoms with Gasteiger partial charge in [-0.3, -0.25) is 4.79 Å². The molecule has 0 fully saturated rings. The number of methoxy groups -OCH3 is 1. The maximum atomic E-state index is 12.9. The lowest BCUT2D eigenvalue weighted by Crippen LogP contribution is -2.35. The zero-order chi connectivity index (χ0) is 18.4. The van der Waals surface area contributed by atoms with E-state index in [9.17, 15) is 9.59 Å². The van der Waals surface area contributed by atoms with Gasteiger partial charge in [-0.25, -0.2) is 4.79 Å². The number of hydrogen-bond acceptors (Lipinski definition) is 5. The SMILES string of the molecule is COC(=O)C1=C(N)OC2=C(C(=O)CC(C)(C)C2)[C@@H]1c1ccccc1Cl. The zero-order valence-electron chi connectivity index (χ0n) is 14.4. The Balaban J connectivity index is 2.24. The summed E-state index contributed by atoms with van der Waals surface area (Å²) in [5.74, 6) is -0.914. The number of allylic oxidation sites excluding steroid dienone is 2. The summed E-state index contributed by atoms with van der Waals surface area (Å²) < 4.78 is 10.6. The number of Topliss-reactive ketones (excluding diaryl/α,β-unsaturated/α-hetero) is 1. The fraction of sp³-hybridized carbons (Fsp3) is 0.368. The van der Waals surface area contributed by atoms with Crippen LogP contribution in [-0.2, 0) is 19.1 Å². The molecule has 1 aliphatic heterocycles. The molecule has 1 aliphatic carbocycles. The molecule has 2 N–H and O–H groups in total. The Morgan fingerprint density at radius 3 is 2.64 bits per heavy atom. The number of hydrogen-bond donors (Lipinski definition) is 1. The lowest BCUT2D eigenvalue weighted by Gasteiger charge is -2.38. The normalized spacial score (nSPS) is 22.4. The van der Waals surface area contributed by atoms with Crippen LogP contribution < -0.4 is 5.73 Å². The van der Waals surface area contributed by atoms with E-state index in [0.717, 1.165) is 0 Å². The number of carbonyl (C=O) groups is 2. The minimum atomic E-state index is -0.687. The van der Waals surface area contributed by atoms with E-state index in [4.69, 9.17) is 26.8 Å². The highest BCUT2D eigenvalue weighted by Crippen LogP contribution is 2.49. The number of ether oxygens (including phenoxy) is 2. The summed E-state index contributed by atoms with van der Waals surface area (Å²) in [4.78, 5) is 25.3. The molecule has 0 saturated heterocycles. The van der Waals surface area contributed by atoms with Crippen molar-refractivity contribution >= 4 is 23.4 Å². The number of esters is 1. The van der Waals surface area contributed by atoms with Gasteiger partial charge in [0.1, 0.15) is 11.3 Å². The molecule has 6 heteroatoms. The molecule has 0 radical (unpaired) electrons. The third-order valence-corrected chi connectivity index (χ3v) is 4.92. The van der Waals surface area contributed by atoms with Crippen LogP contribution in [-0.4, -0.2) is 18.9 Å². The molecule has 1 heterocycles. The molecule has 0 unspecified atom stereocenters. The Labute approximate surface area is 151 Å². The third kappa shape index (κ3) is 3.04. The van der Waals surface area contributed by atoms with Crippen LogP contribution in [0.3, 0.4) is 0 Å². The largest absolute Gasteiger partial charge is 0.465 e. The molecule has 0 bridgehead atoms. The monoisotopic (exact) mass is 361 g/mol. The lowest BCUT2D eigenvalue weighted by molar-refractivity contribution is -0.136. The molecular formula is C19H20ClNO4. The van der Waals surface area contributed by atoms with Crippen LogP contribution in [0.4, 0.5) is 0 Å². The molecule has 1 atom stereocenters. The zero-order valence-corrected chi connectivity index (χ0v) is 15.1. The Morgan fingerprint density at radius 2 is 2.00 bits per heavy atom. The van der Waals surface area contributed by atoms with E-state index < -0.39 is 11.9 Å². The second-order valence-electron chi connectivity index (χ2n) is 7.10. The molecule has 0 aromatic heterocycles. The Morgan fingerprint density at radius 1 is 1.32 bits per heavy atom. The van der Waals surface area contributed by atoms with Gasteiger partial charge in [-0.05, 0) is 17.0 Å². The molecular weight excluding hydrogens is 342 g/mol. The molecule has 0 amide bonds. The highest BCUT2D eigenvalue weighted by Gasteiger charge is 2.45. The van der Waals surface area contributed by atoms with Crippen molar-refractivity contribution in [1.29, 1.82) is 0 Å². The van der Waals surface area contributed by atoms with Crippen LogP contribution in [0.15, 0.2) is 47.1 Å². The van der Waals surface area contributed by atoms with Crippen molar-refractivity contribution in [3.8, 4) is 0 Å². The van der Waals surface area contributed by atoms with Crippen molar-refractivity contribution in [3.63, 3.8) is 0 Å². The van der Waals surface area contributed by atoms with Crippen LogP contribution in [0.5, 0.6) is 0 Å². The third-order valence-electron chi connectivity index (χ3n) is 4.58. The first-order valence-electron chi connectivity index (χ1n) is 8.01. The Hall–Kier alpha value is -2.27. The summed E-state index contributed by atoms with van der Waals surface area (Å²) in [6.07, 6.45) is 0.925. The highest BCUT2D eigenvalue weighted by molar-refractivity contribution is 6.31. The first kappa shape index (κ1) is 17.5. The van der Waals surface area contributed by atoms with Crippen LogP contribution in [0.25, 0.3) is 0 Å². The molecule has 0 spiro atoms. The number of benzene rings is 1. The van der Waals surface area contributed by atoms with E-state index in [1.165, 1.54) is 7.11 Å². The molecule has 0 saturated carbocycles. The summed E-state index contributed by atoms with van der Waals surface area (Å²) in [5.41, 5.74) is 7.01. The maximum absolute atomic E-state index is 12.9. The van der Waals surface area contributed by atoms with Gasteiger partial charge in [0.25, 0.3) is 0 Å². The van der Waals surface area contributed by atoms with E-state index in [2.05, 4.69) is 0 Å². The van der Waals surface area contributed by atoms with Crippen molar-refractivity contribution in [1.82, 2.24) is 0 Å². The van der Waals surface area contributed by atoms with E-state index in [0.29, 0.717) is 34.8 Å². The van der Waals surface area contributed by atoms with Gasteiger partial charge in [0, 0.05) is 23.4 Å². The maximum Gasteiger partial charge on any atom is 0.340 e. The molecule has 25 heavy (non-hydrogen) atoms. The van der Waals surface area contributed by atoms with Gasteiger partial charge in [-0.15, -0.1) is 0 Å². The van der Waals surface area contributed by atoms with Crippen LogP contribution in [0, 0.1) is 5.41 Å². The van der Waals surface area contributed by atoms with E-state index in [-0.39, 0.29) is 22.7 Å². The highest BCUT2D eigenvalue weighted by atomic mass is 35.5. The van der Waals surface area contributed by atoms with Gasteiger partial charge in [0.2, 0.25) is 5.88 Å². The minimum Gasteiger partial charge on any atom is -0.465 e. The molecule has 2 aliphatic rings. The molecule has 5 nitrogen and oxygen atoms in total. The molecule has 132 valence electrons. The molecule has 1 aromatic rings. The van der Waals surface area contributed by atoms with Crippen LogP contribution in [0.2, 0.25) is 5.02 Å². The Kier molecular flexibility index (Phi) is 4.37. The van der Waals surface area contributed by atoms with E-state index in [1.54, 1.807) is 24.3 Å². The molecule has 3 rings (SSSR count). The van der Waals surface area contributed by atoms with Crippen molar-refractivity contribution in [3.05, 3.63) is 57.6 Å². The fourth-order valence-electron chi connectivity index (χ4n) is 3.51. The van der Waals surface area contributed by atoms with Crippen molar-refractivity contribution in [2.45, 2.75) is 32.6 Å². The number of rotatable bonds is 2. The number of carbonyl (C=O) groups excluding carboxylic acids is 2. The topological polar surface area (TPSA) is 78.6 Å². The first-order chi connectivity index (χ1) is 11.7. The number of halogens is 1. The number of ketones is 1. The van der Waals surface area contributed by atoms with Gasteiger partial charge in [-0.1, -0.05) is 43.6 Å². The van der Waals surface area contributed by atoms with Gasteiger partial charge in [0.15, 0.2) is 5.78 Å². The first-order valence-corrected chi connectivity index (χ1v) is 8.39. The van der Waals surface area contributed by atoms with E-state index in [1.807, 2.05) is 13.8 Å². The van der Waals surface area contributed by atoms with Crippen molar-refractivity contribution in [2.24, 2.45) is 11.1 Å². The smallest absolute Gasteiger partial charge is 0.340 e. The van der Waals surface area contributed by atoms with Crippen molar-refractivity contribution < 1.29 is 19.1 Å². The predicted molar refractivity (Wildman–Crippen MR) is 93.6 cm³/mol. The minimum absolute atomic E-state index is 0.0407. The van der Waals surface area contributed by atoms with Gasteiger partial charge in [0.05, 0.1) is 13.0 Å². The summed E-state index contributed by atoms with van der Waals surface area (Å²) in [6, 6.07) is 7.09. The Bertz CT molecular complexity index is 822. The summed E-state index contributed by atoms with van der Waals surface area (Å²) in [6.45, 7) is 4.00. The van der Waals surface area contributed by atoms with Crippen molar-refractivity contribution in [2.75, 3.05) is 7.11 Å². The quantitative estimate of drug-likeness (QED) is 0.816.